The molecule has 0 aliphatic rings. The summed E-state index contributed by atoms with van der Waals surface area (Å²) in [6, 6.07) is 0. The zero-order valence-electron chi connectivity index (χ0n) is 12.3. The SMILES string of the molecule is CC=CC=[C-]C(C)C.CC=CC=[C-]C(C)C.[Ru+2].[Ru]. The summed E-state index contributed by atoms with van der Waals surface area (Å²) in [6.07, 6.45) is 18.1. The van der Waals surface area contributed by atoms with Crippen LogP contribution in [0.1, 0.15) is 41.5 Å². The van der Waals surface area contributed by atoms with Gasteiger partial charge in [-0.25, -0.2) is 24.3 Å². The molecular weight excluding hydrogens is 394 g/mol. The van der Waals surface area contributed by atoms with Gasteiger partial charge in [0, 0.05) is 19.5 Å². The Balaban J connectivity index is -0.0000000980. The van der Waals surface area contributed by atoms with Gasteiger partial charge in [0.2, 0.25) is 0 Å². The zero-order valence-corrected chi connectivity index (χ0v) is 15.8. The van der Waals surface area contributed by atoms with E-state index in [0.29, 0.717) is 11.8 Å². The van der Waals surface area contributed by atoms with Gasteiger partial charge in [-0.15, -0.1) is 11.8 Å². The molecule has 0 rings (SSSR count). The summed E-state index contributed by atoms with van der Waals surface area (Å²) in [5, 5.41) is 0. The second-order valence-corrected chi connectivity index (χ2v) is 4.03. The summed E-state index contributed by atoms with van der Waals surface area (Å²) in [5.74, 6) is 1.09. The van der Waals surface area contributed by atoms with Crippen LogP contribution >= 0.6 is 0 Å². The molecule has 0 fully saturated rings. The molecule has 0 bridgehead atoms. The third-order valence-electron chi connectivity index (χ3n) is 1.44. The molecule has 0 unspecified atom stereocenters. The second-order valence-electron chi connectivity index (χ2n) is 4.03. The van der Waals surface area contributed by atoms with Crippen LogP contribution < -0.4 is 0 Å². The van der Waals surface area contributed by atoms with Crippen molar-refractivity contribution in [2.45, 2.75) is 41.5 Å². The molecule has 0 atom stereocenters. The molecule has 0 aliphatic heterocycles. The van der Waals surface area contributed by atoms with Gasteiger partial charge in [0.15, 0.2) is 0 Å². The summed E-state index contributed by atoms with van der Waals surface area (Å²) >= 11 is 0. The Morgan fingerprint density at radius 1 is 0.722 bits per heavy atom. The standard InChI is InChI=1S/2C8H13.2Ru/c2*1-4-5-6-7-8(2)3;;/h2*4-6,8H,1-3H3;;/q2*-1;;+2. The Kier molecular flexibility index (Phi) is 33.2. The Bertz CT molecular complexity index is 207. The first-order valence-electron chi connectivity index (χ1n) is 5.95. The van der Waals surface area contributed by atoms with Crippen LogP contribution in [-0.2, 0) is 39.0 Å². The molecule has 2 heteroatoms. The molecule has 0 aliphatic carbocycles. The van der Waals surface area contributed by atoms with Gasteiger partial charge in [0.1, 0.15) is 0 Å². The smallest absolute Gasteiger partial charge is 0.273 e. The molecule has 0 aromatic rings. The number of hydrogen-bond donors (Lipinski definition) is 0. The summed E-state index contributed by atoms with van der Waals surface area (Å²) in [7, 11) is 0. The summed E-state index contributed by atoms with van der Waals surface area (Å²) in [5.41, 5.74) is 0. The van der Waals surface area contributed by atoms with E-state index in [9.17, 15) is 0 Å². The maximum absolute atomic E-state index is 3.13. The van der Waals surface area contributed by atoms with Gasteiger partial charge in [-0.2, -0.15) is 12.2 Å². The van der Waals surface area contributed by atoms with E-state index in [0.717, 1.165) is 0 Å². The predicted octanol–water partition coefficient (Wildman–Crippen LogP) is 5.15. The van der Waals surface area contributed by atoms with Gasteiger partial charge in [-0.05, 0) is 0 Å². The number of allylic oxidation sites excluding steroid dienone is 8. The maximum atomic E-state index is 3.13. The molecular formula is C16H26Ru2. The second kappa shape index (κ2) is 22.4. The molecule has 18 heavy (non-hydrogen) atoms. The van der Waals surface area contributed by atoms with E-state index >= 15 is 0 Å². The normalized spacial score (nSPS) is 11.1. The average molecular weight is 421 g/mol. The van der Waals surface area contributed by atoms with Gasteiger partial charge in [-0.3, -0.25) is 12.2 Å². The minimum Gasteiger partial charge on any atom is -0.273 e. The van der Waals surface area contributed by atoms with Crippen LogP contribution in [0.5, 0.6) is 0 Å². The Morgan fingerprint density at radius 3 is 1.17 bits per heavy atom. The first-order valence-corrected chi connectivity index (χ1v) is 5.95. The largest absolute Gasteiger partial charge is 2.00 e. The Labute approximate surface area is 140 Å². The molecule has 0 N–H and O–H groups in total. The van der Waals surface area contributed by atoms with Crippen LogP contribution in [0.25, 0.3) is 0 Å². The molecule has 0 spiro atoms. The van der Waals surface area contributed by atoms with Crippen LogP contribution in [0.15, 0.2) is 36.5 Å². The van der Waals surface area contributed by atoms with Crippen molar-refractivity contribution >= 4 is 0 Å². The van der Waals surface area contributed by atoms with E-state index in [2.05, 4.69) is 39.8 Å². The van der Waals surface area contributed by atoms with Crippen LogP contribution in [0.2, 0.25) is 0 Å². The monoisotopic (exact) mass is 422 g/mol. The molecule has 0 aromatic carbocycles. The maximum Gasteiger partial charge on any atom is 2.00 e. The van der Waals surface area contributed by atoms with Crippen molar-refractivity contribution < 1.29 is 39.0 Å². The predicted molar refractivity (Wildman–Crippen MR) is 74.9 cm³/mol. The van der Waals surface area contributed by atoms with Crippen molar-refractivity contribution in [1.82, 2.24) is 0 Å². The van der Waals surface area contributed by atoms with E-state index in [1.165, 1.54) is 0 Å². The van der Waals surface area contributed by atoms with Crippen LogP contribution in [0.4, 0.5) is 0 Å². The molecule has 0 radical (unpaired) electrons. The van der Waals surface area contributed by atoms with Gasteiger partial charge in [0.05, 0.1) is 0 Å². The first-order chi connectivity index (χ1) is 7.54. The Hall–Kier alpha value is 0.207. The van der Waals surface area contributed by atoms with Gasteiger partial charge in [0.25, 0.3) is 0 Å². The minimum absolute atomic E-state index is 0. The van der Waals surface area contributed by atoms with Crippen molar-refractivity contribution in [3.8, 4) is 0 Å². The zero-order chi connectivity index (χ0) is 12.8. The summed E-state index contributed by atoms with van der Waals surface area (Å²) in [4.78, 5) is 0. The Morgan fingerprint density at radius 2 is 1.00 bits per heavy atom. The molecule has 0 saturated heterocycles. The van der Waals surface area contributed by atoms with E-state index < -0.39 is 0 Å². The van der Waals surface area contributed by atoms with E-state index in [4.69, 9.17) is 0 Å². The molecule has 0 nitrogen and oxygen atoms in total. The molecule has 106 valence electrons. The minimum atomic E-state index is 0. The van der Waals surface area contributed by atoms with E-state index in [-0.39, 0.29) is 39.0 Å². The summed E-state index contributed by atoms with van der Waals surface area (Å²) < 4.78 is 0. The van der Waals surface area contributed by atoms with E-state index in [1.54, 1.807) is 0 Å². The van der Waals surface area contributed by atoms with E-state index in [1.807, 2.05) is 50.3 Å². The van der Waals surface area contributed by atoms with Crippen LogP contribution in [-0.4, -0.2) is 0 Å². The average Bonchev–Trinajstić information content (AvgIpc) is 2.18. The third kappa shape index (κ3) is 36.0. The van der Waals surface area contributed by atoms with Crippen molar-refractivity contribution in [2.75, 3.05) is 0 Å². The third-order valence-corrected chi connectivity index (χ3v) is 1.44. The van der Waals surface area contributed by atoms with Gasteiger partial charge < -0.3 is 0 Å². The molecule has 0 saturated carbocycles. The molecule has 0 heterocycles. The fraction of sp³-hybridized carbons (Fsp3) is 0.500. The molecule has 0 amide bonds. The van der Waals surface area contributed by atoms with Gasteiger partial charge in [-0.1, -0.05) is 41.5 Å². The molecule has 0 aromatic heterocycles. The van der Waals surface area contributed by atoms with Crippen molar-refractivity contribution in [2.24, 2.45) is 11.8 Å². The van der Waals surface area contributed by atoms with Crippen LogP contribution in [0.3, 0.4) is 0 Å². The van der Waals surface area contributed by atoms with Crippen LogP contribution in [0, 0.1) is 24.0 Å². The van der Waals surface area contributed by atoms with Gasteiger partial charge >= 0.3 is 19.5 Å². The van der Waals surface area contributed by atoms with Crippen molar-refractivity contribution in [1.29, 1.82) is 0 Å². The van der Waals surface area contributed by atoms with Crippen molar-refractivity contribution in [3.05, 3.63) is 48.6 Å². The van der Waals surface area contributed by atoms with Crippen molar-refractivity contribution in [3.63, 3.8) is 0 Å². The topological polar surface area (TPSA) is 0 Å². The number of hydrogen-bond acceptors (Lipinski definition) is 0. The fourth-order valence-electron chi connectivity index (χ4n) is 0.688. The quantitative estimate of drug-likeness (QED) is 0.335. The summed E-state index contributed by atoms with van der Waals surface area (Å²) in [6.45, 7) is 12.4. The number of rotatable bonds is 4. The fourth-order valence-corrected chi connectivity index (χ4v) is 0.688. The first kappa shape index (κ1) is 26.7.